The van der Waals surface area contributed by atoms with E-state index < -0.39 is 0 Å². The Balaban J connectivity index is 2.13. The maximum absolute atomic E-state index is 9.66. The molecule has 0 saturated carbocycles. The number of hydrogen-bond donors (Lipinski definition) is 1. The second-order valence-electron chi connectivity index (χ2n) is 5.48. The monoisotopic (exact) mass is 288 g/mol. The predicted molar refractivity (Wildman–Crippen MR) is 85.4 cm³/mol. The van der Waals surface area contributed by atoms with Crippen LogP contribution in [0.3, 0.4) is 0 Å². The van der Waals surface area contributed by atoms with Gasteiger partial charge in [-0.25, -0.2) is 0 Å². The Bertz CT molecular complexity index is 577. The first-order valence-electron chi connectivity index (χ1n) is 7.00. The summed E-state index contributed by atoms with van der Waals surface area (Å²) < 4.78 is 0. The molecule has 0 aliphatic rings. The van der Waals surface area contributed by atoms with E-state index in [9.17, 15) is 5.11 Å². The second-order valence-corrected chi connectivity index (χ2v) is 5.89. The lowest BCUT2D eigenvalue weighted by molar-refractivity contribution is 0.225. The zero-order valence-corrected chi connectivity index (χ0v) is 12.8. The largest absolute Gasteiger partial charge is 0.396 e. The van der Waals surface area contributed by atoms with Crippen LogP contribution in [0.4, 0.5) is 0 Å². The number of aryl methyl sites for hydroxylation is 2. The van der Waals surface area contributed by atoms with Gasteiger partial charge in [0, 0.05) is 11.6 Å². The Kier molecular flexibility index (Phi) is 5.22. The van der Waals surface area contributed by atoms with Crippen LogP contribution in [0.15, 0.2) is 42.5 Å². The van der Waals surface area contributed by atoms with Crippen LogP contribution in [0, 0.1) is 19.8 Å². The van der Waals surface area contributed by atoms with E-state index in [1.165, 1.54) is 16.7 Å². The molecule has 0 radical (unpaired) electrons. The minimum atomic E-state index is 0.179. The van der Waals surface area contributed by atoms with Crippen molar-refractivity contribution in [2.75, 3.05) is 6.61 Å². The summed E-state index contributed by atoms with van der Waals surface area (Å²) in [5.74, 6) is 0.204. The van der Waals surface area contributed by atoms with Crippen LogP contribution < -0.4 is 0 Å². The van der Waals surface area contributed by atoms with Gasteiger partial charge in [0.05, 0.1) is 0 Å². The third-order valence-electron chi connectivity index (χ3n) is 3.74. The molecule has 1 N–H and O–H groups in total. The van der Waals surface area contributed by atoms with E-state index in [1.807, 2.05) is 24.3 Å². The van der Waals surface area contributed by atoms with Crippen molar-refractivity contribution in [2.45, 2.75) is 26.7 Å². The minimum absolute atomic E-state index is 0.179. The van der Waals surface area contributed by atoms with Crippen molar-refractivity contribution in [2.24, 2.45) is 5.92 Å². The van der Waals surface area contributed by atoms with Crippen LogP contribution in [0.1, 0.15) is 22.3 Å². The number of halogens is 1. The summed E-state index contributed by atoms with van der Waals surface area (Å²) in [6.45, 7) is 4.41. The van der Waals surface area contributed by atoms with E-state index in [4.69, 9.17) is 11.6 Å². The normalized spacial score (nSPS) is 12.4. The highest BCUT2D eigenvalue weighted by atomic mass is 35.5. The summed E-state index contributed by atoms with van der Waals surface area (Å²) in [7, 11) is 0. The summed E-state index contributed by atoms with van der Waals surface area (Å²) in [5.41, 5.74) is 4.97. The van der Waals surface area contributed by atoms with Gasteiger partial charge in [-0.2, -0.15) is 0 Å². The second kappa shape index (κ2) is 6.92. The number of rotatable bonds is 5. The van der Waals surface area contributed by atoms with Crippen LogP contribution in [-0.4, -0.2) is 11.7 Å². The first kappa shape index (κ1) is 15.1. The first-order chi connectivity index (χ1) is 9.60. The molecule has 0 fully saturated rings. The molecule has 0 aliphatic carbocycles. The Morgan fingerprint density at radius 1 is 1.00 bits per heavy atom. The molecular formula is C18H21ClO. The molecule has 20 heavy (non-hydrogen) atoms. The molecule has 1 unspecified atom stereocenters. The van der Waals surface area contributed by atoms with Crippen molar-refractivity contribution >= 4 is 11.6 Å². The van der Waals surface area contributed by atoms with Crippen molar-refractivity contribution in [3.8, 4) is 0 Å². The topological polar surface area (TPSA) is 20.2 Å². The van der Waals surface area contributed by atoms with Crippen LogP contribution in [0.2, 0.25) is 5.02 Å². The Labute approximate surface area is 126 Å². The lowest BCUT2D eigenvalue weighted by atomic mass is 9.90. The molecule has 2 aromatic rings. The molecule has 0 aliphatic heterocycles. The summed E-state index contributed by atoms with van der Waals surface area (Å²) in [5, 5.41) is 10.4. The molecule has 1 atom stereocenters. The molecule has 2 aromatic carbocycles. The van der Waals surface area contributed by atoms with E-state index in [0.29, 0.717) is 0 Å². The van der Waals surface area contributed by atoms with Crippen molar-refractivity contribution in [3.05, 3.63) is 69.7 Å². The summed E-state index contributed by atoms with van der Waals surface area (Å²) in [4.78, 5) is 0. The van der Waals surface area contributed by atoms with E-state index >= 15 is 0 Å². The van der Waals surface area contributed by atoms with E-state index in [0.717, 1.165) is 23.4 Å². The standard InChI is InChI=1S/C18H21ClO/c1-13-7-8-14(2)17(9-13)11-15(12-20)10-16-5-3-4-6-18(16)19/h3-9,15,20H,10-12H2,1-2H3. The molecule has 0 bridgehead atoms. The molecule has 2 rings (SSSR count). The maximum atomic E-state index is 9.66. The molecule has 0 heterocycles. The number of benzene rings is 2. The lowest BCUT2D eigenvalue weighted by Gasteiger charge is -2.17. The van der Waals surface area contributed by atoms with Crippen LogP contribution in [-0.2, 0) is 12.8 Å². The first-order valence-corrected chi connectivity index (χ1v) is 7.38. The summed E-state index contributed by atoms with van der Waals surface area (Å²) in [6.07, 6.45) is 1.69. The zero-order valence-electron chi connectivity index (χ0n) is 12.1. The fourth-order valence-corrected chi connectivity index (χ4v) is 2.72. The van der Waals surface area contributed by atoms with Crippen LogP contribution in [0.25, 0.3) is 0 Å². The average Bonchev–Trinajstić information content (AvgIpc) is 2.44. The molecule has 0 saturated heterocycles. The van der Waals surface area contributed by atoms with E-state index in [1.54, 1.807) is 0 Å². The van der Waals surface area contributed by atoms with Crippen molar-refractivity contribution < 1.29 is 5.11 Å². The molecule has 0 aromatic heterocycles. The van der Waals surface area contributed by atoms with Gasteiger partial charge >= 0.3 is 0 Å². The van der Waals surface area contributed by atoms with E-state index in [-0.39, 0.29) is 12.5 Å². The van der Waals surface area contributed by atoms with Gasteiger partial charge in [-0.3, -0.25) is 0 Å². The van der Waals surface area contributed by atoms with Gasteiger partial charge in [-0.1, -0.05) is 53.6 Å². The molecule has 106 valence electrons. The quantitative estimate of drug-likeness (QED) is 0.867. The maximum Gasteiger partial charge on any atom is 0.0465 e. The smallest absolute Gasteiger partial charge is 0.0465 e. The van der Waals surface area contributed by atoms with Crippen LogP contribution in [0.5, 0.6) is 0 Å². The Morgan fingerprint density at radius 2 is 1.70 bits per heavy atom. The highest BCUT2D eigenvalue weighted by Gasteiger charge is 2.13. The third kappa shape index (κ3) is 3.84. The molecule has 1 nitrogen and oxygen atoms in total. The number of hydrogen-bond acceptors (Lipinski definition) is 1. The van der Waals surface area contributed by atoms with Gasteiger partial charge in [0.15, 0.2) is 0 Å². The highest BCUT2D eigenvalue weighted by molar-refractivity contribution is 6.31. The fourth-order valence-electron chi connectivity index (χ4n) is 2.51. The van der Waals surface area contributed by atoms with Gasteiger partial charge in [-0.15, -0.1) is 0 Å². The summed E-state index contributed by atoms with van der Waals surface area (Å²) >= 11 is 6.20. The molecular weight excluding hydrogens is 268 g/mol. The minimum Gasteiger partial charge on any atom is -0.396 e. The predicted octanol–water partition coefficient (Wildman–Crippen LogP) is 4.35. The Morgan fingerprint density at radius 3 is 2.40 bits per heavy atom. The third-order valence-corrected chi connectivity index (χ3v) is 4.11. The fraction of sp³-hybridized carbons (Fsp3) is 0.333. The highest BCUT2D eigenvalue weighted by Crippen LogP contribution is 2.22. The number of aliphatic hydroxyl groups is 1. The molecule has 2 heteroatoms. The molecule has 0 spiro atoms. The van der Waals surface area contributed by atoms with Gasteiger partial charge in [0.2, 0.25) is 0 Å². The van der Waals surface area contributed by atoms with Crippen LogP contribution >= 0.6 is 11.6 Å². The van der Waals surface area contributed by atoms with Crippen molar-refractivity contribution in [3.63, 3.8) is 0 Å². The zero-order chi connectivity index (χ0) is 14.5. The van der Waals surface area contributed by atoms with E-state index in [2.05, 4.69) is 32.0 Å². The van der Waals surface area contributed by atoms with Crippen molar-refractivity contribution in [1.29, 1.82) is 0 Å². The Hall–Kier alpha value is -1.31. The van der Waals surface area contributed by atoms with Gasteiger partial charge in [0.25, 0.3) is 0 Å². The number of aliphatic hydroxyl groups excluding tert-OH is 1. The van der Waals surface area contributed by atoms with Gasteiger partial charge in [-0.05, 0) is 55.4 Å². The van der Waals surface area contributed by atoms with Gasteiger partial charge in [0.1, 0.15) is 0 Å². The lowest BCUT2D eigenvalue weighted by Crippen LogP contribution is -2.14. The molecule has 0 amide bonds. The van der Waals surface area contributed by atoms with Crippen molar-refractivity contribution in [1.82, 2.24) is 0 Å². The SMILES string of the molecule is Cc1ccc(C)c(CC(CO)Cc2ccccc2Cl)c1. The summed E-state index contributed by atoms with van der Waals surface area (Å²) in [6, 6.07) is 14.4. The average molecular weight is 289 g/mol. The van der Waals surface area contributed by atoms with Gasteiger partial charge < -0.3 is 5.11 Å².